The summed E-state index contributed by atoms with van der Waals surface area (Å²) in [7, 11) is 0. The van der Waals surface area contributed by atoms with Crippen molar-refractivity contribution in [1.29, 1.82) is 0 Å². The maximum Gasteiger partial charge on any atom is 0.119 e. The van der Waals surface area contributed by atoms with Gasteiger partial charge in [-0.2, -0.15) is 0 Å². The molecule has 1 saturated heterocycles. The van der Waals surface area contributed by atoms with Crippen molar-refractivity contribution in [2.45, 2.75) is 51.3 Å². The Morgan fingerprint density at radius 3 is 2.41 bits per heavy atom. The normalized spacial score (nSPS) is 22.0. The van der Waals surface area contributed by atoms with Crippen molar-refractivity contribution in [3.05, 3.63) is 60.2 Å². The Morgan fingerprint density at radius 1 is 1.07 bits per heavy atom. The monoisotopic (exact) mass is 366 g/mol. The molecule has 0 aromatic heterocycles. The number of β-amino-alcohol motifs (C(OH)–C–C–N with tert-alkyl or cyclic N) is 1. The summed E-state index contributed by atoms with van der Waals surface area (Å²) in [6.45, 7) is 5.47. The van der Waals surface area contributed by atoms with Crippen LogP contribution in [0.1, 0.15) is 38.7 Å². The van der Waals surface area contributed by atoms with Gasteiger partial charge in [0.05, 0.1) is 5.69 Å². The molecule has 3 rings (SSSR count). The molecule has 0 bridgehead atoms. The highest BCUT2D eigenvalue weighted by atomic mass is 16.5. The van der Waals surface area contributed by atoms with Gasteiger partial charge in [-0.3, -0.25) is 9.89 Å². The van der Waals surface area contributed by atoms with E-state index in [1.165, 1.54) is 19.3 Å². The molecule has 1 aliphatic rings. The van der Waals surface area contributed by atoms with E-state index in [4.69, 9.17) is 4.74 Å². The molecule has 1 N–H and O–H groups in total. The van der Waals surface area contributed by atoms with E-state index < -0.39 is 6.10 Å². The topological polar surface area (TPSA) is 45.1 Å². The van der Waals surface area contributed by atoms with Crippen molar-refractivity contribution in [2.75, 3.05) is 13.2 Å². The molecule has 27 heavy (non-hydrogen) atoms. The van der Waals surface area contributed by atoms with Gasteiger partial charge in [0, 0.05) is 24.8 Å². The largest absolute Gasteiger partial charge is 0.491 e. The van der Waals surface area contributed by atoms with Crippen LogP contribution in [0.15, 0.2) is 59.6 Å². The molecule has 3 atom stereocenters. The second-order valence-electron chi connectivity index (χ2n) is 7.45. The zero-order valence-electron chi connectivity index (χ0n) is 16.3. The number of likely N-dealkylation sites (tertiary alicyclic amines) is 1. The highest BCUT2D eigenvalue weighted by Crippen LogP contribution is 2.23. The quantitative estimate of drug-likeness (QED) is 0.737. The predicted octanol–water partition coefficient (Wildman–Crippen LogP) is 4.44. The third kappa shape index (κ3) is 5.91. The summed E-state index contributed by atoms with van der Waals surface area (Å²) in [6.07, 6.45) is 5.07. The number of piperidine rings is 1. The van der Waals surface area contributed by atoms with E-state index in [2.05, 4.69) is 23.7 Å². The summed E-state index contributed by atoms with van der Waals surface area (Å²) < 4.78 is 5.77. The smallest absolute Gasteiger partial charge is 0.119 e. The minimum Gasteiger partial charge on any atom is -0.491 e. The number of hydrogen-bond acceptors (Lipinski definition) is 4. The molecule has 0 spiro atoms. The lowest BCUT2D eigenvalue weighted by Gasteiger charge is -2.40. The summed E-state index contributed by atoms with van der Waals surface area (Å²) in [5, 5.41) is 10.4. The van der Waals surface area contributed by atoms with Crippen LogP contribution < -0.4 is 4.74 Å². The molecule has 144 valence electrons. The van der Waals surface area contributed by atoms with Crippen molar-refractivity contribution in [3.8, 4) is 5.75 Å². The number of nitrogens with zero attached hydrogens (tertiary/aromatic N) is 2. The molecule has 4 nitrogen and oxygen atoms in total. The molecule has 1 heterocycles. The number of hydrogen-bond donors (Lipinski definition) is 1. The van der Waals surface area contributed by atoms with Crippen LogP contribution in [-0.4, -0.2) is 47.6 Å². The van der Waals surface area contributed by atoms with Gasteiger partial charge >= 0.3 is 0 Å². The van der Waals surface area contributed by atoms with E-state index in [-0.39, 0.29) is 0 Å². The lowest BCUT2D eigenvalue weighted by Crippen LogP contribution is -2.48. The fraction of sp³-hybridized carbons (Fsp3) is 0.435. The van der Waals surface area contributed by atoms with Crippen LogP contribution in [0, 0.1) is 0 Å². The lowest BCUT2D eigenvalue weighted by molar-refractivity contribution is 0.0209. The van der Waals surface area contributed by atoms with Crippen LogP contribution in [0.2, 0.25) is 0 Å². The summed E-state index contributed by atoms with van der Waals surface area (Å²) in [4.78, 5) is 6.87. The molecule has 1 fully saturated rings. The van der Waals surface area contributed by atoms with Crippen LogP contribution in [0.25, 0.3) is 0 Å². The molecule has 0 saturated carbocycles. The van der Waals surface area contributed by atoms with Crippen LogP contribution in [0.3, 0.4) is 0 Å². The minimum atomic E-state index is -0.483. The Bertz CT molecular complexity index is 705. The first-order valence-electron chi connectivity index (χ1n) is 9.87. The zero-order valence-corrected chi connectivity index (χ0v) is 16.3. The fourth-order valence-corrected chi connectivity index (χ4v) is 3.64. The van der Waals surface area contributed by atoms with Gasteiger partial charge in [0.1, 0.15) is 18.5 Å². The van der Waals surface area contributed by atoms with Crippen molar-refractivity contribution >= 4 is 11.9 Å². The van der Waals surface area contributed by atoms with Gasteiger partial charge in [-0.1, -0.05) is 36.8 Å². The fourth-order valence-electron chi connectivity index (χ4n) is 3.64. The lowest BCUT2D eigenvalue weighted by atomic mass is 9.97. The molecule has 0 radical (unpaired) electrons. The van der Waals surface area contributed by atoms with E-state index in [0.717, 1.165) is 17.0 Å². The van der Waals surface area contributed by atoms with Gasteiger partial charge in [0.15, 0.2) is 0 Å². The number of ether oxygens (including phenoxy) is 1. The van der Waals surface area contributed by atoms with Crippen molar-refractivity contribution < 1.29 is 9.84 Å². The predicted molar refractivity (Wildman–Crippen MR) is 111 cm³/mol. The Hall–Kier alpha value is -2.17. The molecule has 0 amide bonds. The van der Waals surface area contributed by atoms with Gasteiger partial charge in [0.2, 0.25) is 0 Å². The van der Waals surface area contributed by atoms with Gasteiger partial charge in [-0.15, -0.1) is 0 Å². The Morgan fingerprint density at radius 2 is 1.74 bits per heavy atom. The SMILES string of the molecule is C[C@@H]1CCC[C@@H](C)N1C[C@H](O)COc1ccc(N=Cc2ccccc2)cc1. The third-order valence-electron chi connectivity index (χ3n) is 5.24. The summed E-state index contributed by atoms with van der Waals surface area (Å²) in [5.74, 6) is 0.757. The molecule has 1 aliphatic heterocycles. The maximum atomic E-state index is 10.4. The van der Waals surface area contributed by atoms with E-state index >= 15 is 0 Å². The number of aliphatic hydroxyl groups is 1. The highest BCUT2D eigenvalue weighted by molar-refractivity contribution is 5.81. The third-order valence-corrected chi connectivity index (χ3v) is 5.24. The van der Waals surface area contributed by atoms with Crippen molar-refractivity contribution in [3.63, 3.8) is 0 Å². The molecule has 2 aromatic rings. The average molecular weight is 367 g/mol. The molecular formula is C23H30N2O2. The van der Waals surface area contributed by atoms with Gasteiger partial charge in [-0.25, -0.2) is 0 Å². The van der Waals surface area contributed by atoms with Gasteiger partial charge in [-0.05, 0) is 56.5 Å². The molecule has 0 unspecified atom stereocenters. The number of aliphatic imine (C=N–C) groups is 1. The van der Waals surface area contributed by atoms with E-state index in [1.807, 2.05) is 60.8 Å². The standard InChI is InChI=1S/C23H30N2O2/c1-18-7-6-8-19(2)25(18)16-22(26)17-27-23-13-11-21(12-14-23)24-15-20-9-4-3-5-10-20/h3-5,9-15,18-19,22,26H,6-8,16-17H2,1-2H3/t18-,19-,22+/m1/s1. The maximum absolute atomic E-state index is 10.4. The first kappa shape index (κ1) is 19.6. The molecule has 4 heteroatoms. The Balaban J connectivity index is 1.47. The first-order valence-corrected chi connectivity index (χ1v) is 9.87. The Kier molecular flexibility index (Phi) is 7.02. The number of aliphatic hydroxyl groups excluding tert-OH is 1. The zero-order chi connectivity index (χ0) is 19.1. The van der Waals surface area contributed by atoms with Gasteiger partial charge < -0.3 is 9.84 Å². The Labute approximate surface area is 162 Å². The summed E-state index contributed by atoms with van der Waals surface area (Å²) in [5.41, 5.74) is 1.95. The highest BCUT2D eigenvalue weighted by Gasteiger charge is 2.26. The average Bonchev–Trinajstić information content (AvgIpc) is 2.69. The minimum absolute atomic E-state index is 0.308. The van der Waals surface area contributed by atoms with Crippen molar-refractivity contribution in [2.24, 2.45) is 4.99 Å². The van der Waals surface area contributed by atoms with Crippen LogP contribution in [0.5, 0.6) is 5.75 Å². The molecule has 2 aromatic carbocycles. The van der Waals surface area contributed by atoms with Crippen molar-refractivity contribution in [1.82, 2.24) is 4.90 Å². The second-order valence-corrected chi connectivity index (χ2v) is 7.45. The van der Waals surface area contributed by atoms with E-state index in [9.17, 15) is 5.11 Å². The first-order chi connectivity index (χ1) is 13.1. The summed E-state index contributed by atoms with van der Waals surface area (Å²) in [6, 6.07) is 18.7. The van der Waals surface area contributed by atoms with Crippen LogP contribution >= 0.6 is 0 Å². The number of rotatable bonds is 7. The summed E-state index contributed by atoms with van der Waals surface area (Å²) >= 11 is 0. The molecule has 0 aliphatic carbocycles. The van der Waals surface area contributed by atoms with Crippen LogP contribution in [0.4, 0.5) is 5.69 Å². The van der Waals surface area contributed by atoms with Gasteiger partial charge in [0.25, 0.3) is 0 Å². The molecular weight excluding hydrogens is 336 g/mol. The number of benzene rings is 2. The van der Waals surface area contributed by atoms with Crippen LogP contribution in [-0.2, 0) is 0 Å². The second kappa shape index (κ2) is 9.67. The van der Waals surface area contributed by atoms with E-state index in [0.29, 0.717) is 25.2 Å². The van der Waals surface area contributed by atoms with E-state index in [1.54, 1.807) is 0 Å².